The van der Waals surface area contributed by atoms with Crippen molar-refractivity contribution < 1.29 is 10.2 Å². The monoisotopic (exact) mass is 452 g/mol. The smallest absolute Gasteiger partial charge is 0.134 e. The Balaban J connectivity index is 2.43. The molecule has 0 aliphatic carbocycles. The van der Waals surface area contributed by atoms with E-state index in [9.17, 15) is 10.2 Å². The lowest BCUT2D eigenvalue weighted by Gasteiger charge is -2.16. The minimum atomic E-state index is 0.0875. The molecule has 0 radical (unpaired) electrons. The maximum absolute atomic E-state index is 9.55. The lowest BCUT2D eigenvalue weighted by atomic mass is 9.93. The average molecular weight is 454 g/mol. The van der Waals surface area contributed by atoms with Gasteiger partial charge in [-0.3, -0.25) is 0 Å². The first-order valence-electron chi connectivity index (χ1n) is 5.55. The first kappa shape index (κ1) is 14.9. The van der Waals surface area contributed by atoms with Gasteiger partial charge in [0.15, 0.2) is 0 Å². The molecule has 1 atom stereocenters. The van der Waals surface area contributed by atoms with Gasteiger partial charge >= 0.3 is 0 Å². The number of alkyl halides is 1. The molecular formula is C14H11BrClIO2. The SMILES string of the molecule is Oc1ccc(C(CI)c2ccc(O)c(Br)c2)cc1Cl. The zero-order chi connectivity index (χ0) is 14.0. The van der Waals surface area contributed by atoms with Gasteiger partial charge in [-0.05, 0) is 51.3 Å². The molecule has 5 heteroatoms. The molecule has 2 aromatic carbocycles. The van der Waals surface area contributed by atoms with Crippen molar-refractivity contribution in [2.24, 2.45) is 0 Å². The number of hydrogen-bond acceptors (Lipinski definition) is 2. The molecule has 2 N–H and O–H groups in total. The largest absolute Gasteiger partial charge is 0.507 e. The highest BCUT2D eigenvalue weighted by atomic mass is 127. The predicted octanol–water partition coefficient (Wildman–Crippen LogP) is 5.08. The quantitative estimate of drug-likeness (QED) is 0.503. The van der Waals surface area contributed by atoms with E-state index in [1.165, 1.54) is 0 Å². The topological polar surface area (TPSA) is 40.5 Å². The first-order chi connectivity index (χ1) is 9.02. The molecule has 0 heterocycles. The van der Waals surface area contributed by atoms with Crippen LogP contribution in [0.15, 0.2) is 40.9 Å². The molecule has 0 aromatic heterocycles. The lowest BCUT2D eigenvalue weighted by Crippen LogP contribution is -2.02. The number of phenols is 2. The van der Waals surface area contributed by atoms with Crippen LogP contribution in [0.25, 0.3) is 0 Å². The standard InChI is InChI=1S/C14H11BrClIO2/c15-11-5-8(1-3-13(11)18)10(7-17)9-2-4-14(19)12(16)6-9/h1-6,10,18-19H,7H2. The fraction of sp³-hybridized carbons (Fsp3) is 0.143. The third-order valence-corrected chi connectivity index (χ3v) is 4.72. The summed E-state index contributed by atoms with van der Waals surface area (Å²) in [5.41, 5.74) is 2.12. The van der Waals surface area contributed by atoms with E-state index in [4.69, 9.17) is 11.6 Å². The van der Waals surface area contributed by atoms with E-state index >= 15 is 0 Å². The Morgan fingerprint density at radius 3 is 2.16 bits per heavy atom. The highest BCUT2D eigenvalue weighted by Crippen LogP contribution is 2.35. The molecule has 2 rings (SSSR count). The second-order valence-corrected chi connectivity index (χ2v) is 6.27. The molecule has 19 heavy (non-hydrogen) atoms. The summed E-state index contributed by atoms with van der Waals surface area (Å²) < 4.78 is 1.54. The van der Waals surface area contributed by atoms with Crippen molar-refractivity contribution in [3.8, 4) is 11.5 Å². The second kappa shape index (κ2) is 6.33. The third kappa shape index (κ3) is 3.35. The Labute approximate surface area is 138 Å². The highest BCUT2D eigenvalue weighted by Gasteiger charge is 2.15. The molecule has 1 unspecified atom stereocenters. The van der Waals surface area contributed by atoms with Crippen LogP contribution in [0.1, 0.15) is 17.0 Å². The fourth-order valence-corrected chi connectivity index (χ4v) is 3.45. The molecule has 0 spiro atoms. The van der Waals surface area contributed by atoms with Gasteiger partial charge in [0, 0.05) is 10.3 Å². The molecule has 2 aromatic rings. The second-order valence-electron chi connectivity index (χ2n) is 4.13. The van der Waals surface area contributed by atoms with Crippen molar-refractivity contribution in [3.63, 3.8) is 0 Å². The van der Waals surface area contributed by atoms with Crippen LogP contribution >= 0.6 is 50.1 Å². The number of rotatable bonds is 3. The number of phenolic OH excluding ortho intramolecular Hbond substituents is 2. The molecule has 0 saturated carbocycles. The van der Waals surface area contributed by atoms with Gasteiger partial charge < -0.3 is 10.2 Å². The Hall–Kier alpha value is -0.460. The van der Waals surface area contributed by atoms with Gasteiger partial charge in [0.05, 0.1) is 9.50 Å². The van der Waals surface area contributed by atoms with Crippen LogP contribution < -0.4 is 0 Å². The van der Waals surface area contributed by atoms with Gasteiger partial charge in [-0.1, -0.05) is 46.3 Å². The molecule has 0 aliphatic rings. The zero-order valence-corrected chi connectivity index (χ0v) is 14.3. The van der Waals surface area contributed by atoms with Crippen LogP contribution in [0.5, 0.6) is 11.5 Å². The Bertz CT molecular complexity index is 552. The van der Waals surface area contributed by atoms with Crippen LogP contribution in [-0.4, -0.2) is 14.6 Å². The van der Waals surface area contributed by atoms with Crippen LogP contribution in [0.2, 0.25) is 5.02 Å². The predicted molar refractivity (Wildman–Crippen MR) is 89.7 cm³/mol. The molecule has 0 aliphatic heterocycles. The zero-order valence-electron chi connectivity index (χ0n) is 9.78. The Morgan fingerprint density at radius 1 is 1.05 bits per heavy atom. The van der Waals surface area contributed by atoms with Gasteiger partial charge in [-0.25, -0.2) is 0 Å². The number of aromatic hydroxyl groups is 2. The van der Waals surface area contributed by atoms with E-state index in [1.54, 1.807) is 18.2 Å². The van der Waals surface area contributed by atoms with Crippen molar-refractivity contribution in [2.45, 2.75) is 5.92 Å². The van der Waals surface area contributed by atoms with Crippen molar-refractivity contribution in [1.82, 2.24) is 0 Å². The van der Waals surface area contributed by atoms with E-state index in [1.807, 2.05) is 18.2 Å². The highest BCUT2D eigenvalue weighted by molar-refractivity contribution is 14.1. The van der Waals surface area contributed by atoms with Crippen LogP contribution in [0.3, 0.4) is 0 Å². The summed E-state index contributed by atoms with van der Waals surface area (Å²) >= 11 is 11.6. The Morgan fingerprint density at radius 2 is 1.63 bits per heavy atom. The fourth-order valence-electron chi connectivity index (χ4n) is 1.85. The normalized spacial score (nSPS) is 12.4. The van der Waals surface area contributed by atoms with Gasteiger partial charge in [-0.15, -0.1) is 0 Å². The van der Waals surface area contributed by atoms with E-state index in [0.717, 1.165) is 15.6 Å². The van der Waals surface area contributed by atoms with Gasteiger partial charge in [0.1, 0.15) is 11.5 Å². The van der Waals surface area contributed by atoms with E-state index in [2.05, 4.69) is 38.5 Å². The van der Waals surface area contributed by atoms with E-state index in [0.29, 0.717) is 9.50 Å². The summed E-state index contributed by atoms with van der Waals surface area (Å²) in [6, 6.07) is 10.7. The van der Waals surface area contributed by atoms with Crippen molar-refractivity contribution in [3.05, 3.63) is 57.0 Å². The van der Waals surface area contributed by atoms with Gasteiger partial charge in [0.2, 0.25) is 0 Å². The summed E-state index contributed by atoms with van der Waals surface area (Å²) in [5.74, 6) is 0.472. The number of halogens is 3. The van der Waals surface area contributed by atoms with Gasteiger partial charge in [0.25, 0.3) is 0 Å². The van der Waals surface area contributed by atoms with Crippen molar-refractivity contribution >= 4 is 50.1 Å². The third-order valence-electron chi connectivity index (χ3n) is 2.90. The van der Waals surface area contributed by atoms with Crippen molar-refractivity contribution in [2.75, 3.05) is 4.43 Å². The molecule has 2 nitrogen and oxygen atoms in total. The maximum atomic E-state index is 9.55. The van der Waals surface area contributed by atoms with Crippen LogP contribution in [-0.2, 0) is 0 Å². The van der Waals surface area contributed by atoms with Gasteiger partial charge in [-0.2, -0.15) is 0 Å². The minimum absolute atomic E-state index is 0.0875. The number of benzene rings is 2. The van der Waals surface area contributed by atoms with Crippen molar-refractivity contribution in [1.29, 1.82) is 0 Å². The summed E-state index contributed by atoms with van der Waals surface area (Å²) in [6.45, 7) is 0. The summed E-state index contributed by atoms with van der Waals surface area (Å²) in [7, 11) is 0. The maximum Gasteiger partial charge on any atom is 0.134 e. The lowest BCUT2D eigenvalue weighted by molar-refractivity contribution is 0.471. The van der Waals surface area contributed by atoms with E-state index in [-0.39, 0.29) is 17.4 Å². The van der Waals surface area contributed by atoms with E-state index < -0.39 is 0 Å². The molecule has 0 amide bonds. The first-order valence-corrected chi connectivity index (χ1v) is 8.25. The molecule has 100 valence electrons. The molecule has 0 saturated heterocycles. The molecule has 0 bridgehead atoms. The Kier molecular flexibility index (Phi) is 4.97. The summed E-state index contributed by atoms with van der Waals surface area (Å²) in [5, 5.41) is 19.4. The van der Waals surface area contributed by atoms with Crippen LogP contribution in [0.4, 0.5) is 0 Å². The molecular weight excluding hydrogens is 442 g/mol. The summed E-state index contributed by atoms with van der Waals surface area (Å²) in [4.78, 5) is 0. The summed E-state index contributed by atoms with van der Waals surface area (Å²) in [6.07, 6.45) is 0. The van der Waals surface area contributed by atoms with Crippen LogP contribution in [0, 0.1) is 0 Å². The average Bonchev–Trinajstić information content (AvgIpc) is 2.39. The minimum Gasteiger partial charge on any atom is -0.507 e. The molecule has 0 fully saturated rings. The number of hydrogen-bond donors (Lipinski definition) is 2.